The number of rotatable bonds is 4. The zero-order valence-electron chi connectivity index (χ0n) is 14.8. The van der Waals surface area contributed by atoms with Crippen LogP contribution in [0.5, 0.6) is 0 Å². The average Bonchev–Trinajstić information content (AvgIpc) is 3.35. The third-order valence-electron chi connectivity index (χ3n) is 5.32. The molecule has 2 amide bonds. The van der Waals surface area contributed by atoms with Gasteiger partial charge in [-0.2, -0.15) is 0 Å². The molecule has 1 atom stereocenters. The Morgan fingerprint density at radius 3 is 2.85 bits per heavy atom. The van der Waals surface area contributed by atoms with Crippen molar-refractivity contribution >= 4 is 34.5 Å². The zero-order valence-corrected chi connectivity index (χ0v) is 16.5. The van der Waals surface area contributed by atoms with E-state index in [1.807, 2.05) is 22.4 Å². The standard InChI is InChI=1S/C20H24N2O2S2/c23-19(21-13-16-5-4-10-25-16)14-6-7-17-15(11-14)12-18(26-17)20(24)22-8-2-1-3-9-22/h4-5,10,12,14H,1-3,6-9,11,13H2,(H,21,23). The maximum Gasteiger partial charge on any atom is 0.263 e. The van der Waals surface area contributed by atoms with E-state index in [4.69, 9.17) is 0 Å². The Labute approximate surface area is 162 Å². The van der Waals surface area contributed by atoms with Crippen LogP contribution < -0.4 is 5.32 Å². The summed E-state index contributed by atoms with van der Waals surface area (Å²) in [6.45, 7) is 2.38. The first-order valence-electron chi connectivity index (χ1n) is 9.41. The van der Waals surface area contributed by atoms with Crippen LogP contribution in [0.2, 0.25) is 0 Å². The second-order valence-electron chi connectivity index (χ2n) is 7.15. The third-order valence-corrected chi connectivity index (χ3v) is 7.43. The molecule has 0 spiro atoms. The molecule has 1 aliphatic heterocycles. The molecule has 0 radical (unpaired) electrons. The summed E-state index contributed by atoms with van der Waals surface area (Å²) in [5.74, 6) is 0.344. The van der Waals surface area contributed by atoms with Gasteiger partial charge in [-0.15, -0.1) is 22.7 Å². The molecule has 4 nitrogen and oxygen atoms in total. The first-order chi connectivity index (χ1) is 12.7. The summed E-state index contributed by atoms with van der Waals surface area (Å²) in [6.07, 6.45) is 6.00. The molecule has 2 aliphatic rings. The lowest BCUT2D eigenvalue weighted by molar-refractivity contribution is -0.125. The number of thiophene rings is 2. The summed E-state index contributed by atoms with van der Waals surface area (Å²) in [4.78, 5) is 30.6. The molecule has 0 saturated carbocycles. The lowest BCUT2D eigenvalue weighted by atomic mass is 9.87. The molecule has 4 rings (SSSR count). The normalized spacial score (nSPS) is 19.8. The van der Waals surface area contributed by atoms with Gasteiger partial charge >= 0.3 is 0 Å². The quantitative estimate of drug-likeness (QED) is 0.865. The van der Waals surface area contributed by atoms with Crippen LogP contribution in [-0.4, -0.2) is 29.8 Å². The van der Waals surface area contributed by atoms with E-state index in [1.165, 1.54) is 21.7 Å². The fourth-order valence-corrected chi connectivity index (χ4v) is 5.66. The Hall–Kier alpha value is -1.66. The Kier molecular flexibility index (Phi) is 5.41. The highest BCUT2D eigenvalue weighted by Gasteiger charge is 2.28. The Balaban J connectivity index is 1.38. The molecule has 1 saturated heterocycles. The van der Waals surface area contributed by atoms with Crippen molar-refractivity contribution in [3.8, 4) is 0 Å². The molecule has 3 heterocycles. The molecule has 1 aliphatic carbocycles. The highest BCUT2D eigenvalue weighted by Crippen LogP contribution is 2.33. The summed E-state index contributed by atoms with van der Waals surface area (Å²) in [7, 11) is 0. The van der Waals surface area contributed by atoms with Crippen LogP contribution in [0.3, 0.4) is 0 Å². The number of likely N-dealkylation sites (tertiary alicyclic amines) is 1. The number of aryl methyl sites for hydroxylation is 1. The van der Waals surface area contributed by atoms with Crippen molar-refractivity contribution in [1.82, 2.24) is 10.2 Å². The van der Waals surface area contributed by atoms with Crippen molar-refractivity contribution in [2.45, 2.75) is 45.1 Å². The van der Waals surface area contributed by atoms with Gasteiger partial charge in [-0.05, 0) is 61.6 Å². The fraction of sp³-hybridized carbons (Fsp3) is 0.500. The number of piperidine rings is 1. The van der Waals surface area contributed by atoms with Gasteiger partial charge in [-0.25, -0.2) is 0 Å². The first kappa shape index (κ1) is 17.7. The number of fused-ring (bicyclic) bond motifs is 1. The van der Waals surface area contributed by atoms with Gasteiger partial charge in [0.1, 0.15) is 0 Å². The van der Waals surface area contributed by atoms with Gasteiger partial charge in [0.25, 0.3) is 5.91 Å². The summed E-state index contributed by atoms with van der Waals surface area (Å²) in [6, 6.07) is 6.10. The monoisotopic (exact) mass is 388 g/mol. The zero-order chi connectivity index (χ0) is 17.9. The van der Waals surface area contributed by atoms with Gasteiger partial charge in [-0.1, -0.05) is 6.07 Å². The van der Waals surface area contributed by atoms with Crippen LogP contribution in [0, 0.1) is 5.92 Å². The number of hydrogen-bond donors (Lipinski definition) is 1. The summed E-state index contributed by atoms with van der Waals surface area (Å²) < 4.78 is 0. The van der Waals surface area contributed by atoms with E-state index in [1.54, 1.807) is 22.7 Å². The third kappa shape index (κ3) is 3.86. The minimum atomic E-state index is 0.0231. The number of nitrogens with zero attached hydrogens (tertiary/aromatic N) is 1. The number of amides is 2. The molecule has 138 valence electrons. The Morgan fingerprint density at radius 1 is 1.23 bits per heavy atom. The maximum atomic E-state index is 12.7. The molecule has 0 aromatic carbocycles. The van der Waals surface area contributed by atoms with Crippen LogP contribution in [0.15, 0.2) is 23.6 Å². The molecule has 6 heteroatoms. The maximum absolute atomic E-state index is 12.7. The topological polar surface area (TPSA) is 49.4 Å². The van der Waals surface area contributed by atoms with Gasteiger partial charge in [-0.3, -0.25) is 9.59 Å². The number of nitrogens with one attached hydrogen (secondary N) is 1. The molecule has 1 N–H and O–H groups in total. The van der Waals surface area contributed by atoms with Crippen molar-refractivity contribution in [3.63, 3.8) is 0 Å². The molecule has 1 fully saturated rings. The second kappa shape index (κ2) is 7.92. The van der Waals surface area contributed by atoms with E-state index in [0.717, 1.165) is 50.1 Å². The largest absolute Gasteiger partial charge is 0.351 e. The smallest absolute Gasteiger partial charge is 0.263 e. The van der Waals surface area contributed by atoms with E-state index in [-0.39, 0.29) is 17.7 Å². The molecule has 2 aromatic rings. The number of carbonyl (C=O) groups excluding carboxylic acids is 2. The van der Waals surface area contributed by atoms with Gasteiger partial charge in [0.05, 0.1) is 11.4 Å². The van der Waals surface area contributed by atoms with Gasteiger partial charge in [0.15, 0.2) is 0 Å². The van der Waals surface area contributed by atoms with Crippen molar-refractivity contribution in [2.75, 3.05) is 13.1 Å². The molecule has 2 aromatic heterocycles. The minimum Gasteiger partial charge on any atom is -0.351 e. The van der Waals surface area contributed by atoms with E-state index < -0.39 is 0 Å². The van der Waals surface area contributed by atoms with Crippen LogP contribution in [0.25, 0.3) is 0 Å². The van der Waals surface area contributed by atoms with Gasteiger partial charge in [0.2, 0.25) is 5.91 Å². The van der Waals surface area contributed by atoms with E-state index >= 15 is 0 Å². The predicted octanol–water partition coefficient (Wildman–Crippen LogP) is 3.86. The highest BCUT2D eigenvalue weighted by molar-refractivity contribution is 7.14. The van der Waals surface area contributed by atoms with Crippen molar-refractivity contribution in [1.29, 1.82) is 0 Å². The van der Waals surface area contributed by atoms with Crippen LogP contribution in [0.4, 0.5) is 0 Å². The fourth-order valence-electron chi connectivity index (χ4n) is 3.84. The Morgan fingerprint density at radius 2 is 2.08 bits per heavy atom. The lowest BCUT2D eigenvalue weighted by Gasteiger charge is -2.26. The first-order valence-corrected chi connectivity index (χ1v) is 11.1. The number of carbonyl (C=O) groups is 2. The summed E-state index contributed by atoms with van der Waals surface area (Å²) >= 11 is 3.31. The van der Waals surface area contributed by atoms with E-state index in [9.17, 15) is 9.59 Å². The molecule has 26 heavy (non-hydrogen) atoms. The highest BCUT2D eigenvalue weighted by atomic mass is 32.1. The van der Waals surface area contributed by atoms with Crippen LogP contribution in [0.1, 0.15) is 50.7 Å². The summed E-state index contributed by atoms with van der Waals surface area (Å²) in [5, 5.41) is 5.09. The van der Waals surface area contributed by atoms with E-state index in [0.29, 0.717) is 6.54 Å². The van der Waals surface area contributed by atoms with Gasteiger partial charge in [0, 0.05) is 28.8 Å². The van der Waals surface area contributed by atoms with Crippen LogP contribution >= 0.6 is 22.7 Å². The predicted molar refractivity (Wildman–Crippen MR) is 106 cm³/mol. The molecule has 0 bridgehead atoms. The minimum absolute atomic E-state index is 0.0231. The van der Waals surface area contributed by atoms with Crippen molar-refractivity contribution in [2.24, 2.45) is 5.92 Å². The molecule has 1 unspecified atom stereocenters. The van der Waals surface area contributed by atoms with E-state index in [2.05, 4.69) is 11.4 Å². The lowest BCUT2D eigenvalue weighted by Crippen LogP contribution is -2.35. The SMILES string of the molecule is O=C(NCc1cccs1)C1CCc2sc(C(=O)N3CCCCC3)cc2C1. The second-order valence-corrected chi connectivity index (χ2v) is 9.32. The summed E-state index contributed by atoms with van der Waals surface area (Å²) in [5.41, 5.74) is 1.21. The van der Waals surface area contributed by atoms with Crippen LogP contribution in [-0.2, 0) is 24.2 Å². The van der Waals surface area contributed by atoms with Crippen molar-refractivity contribution in [3.05, 3.63) is 43.8 Å². The Bertz CT molecular complexity index is 776. The van der Waals surface area contributed by atoms with Gasteiger partial charge < -0.3 is 10.2 Å². The van der Waals surface area contributed by atoms with Crippen molar-refractivity contribution < 1.29 is 9.59 Å². The molecular formula is C20H24N2O2S2. The average molecular weight is 389 g/mol. The number of hydrogen-bond acceptors (Lipinski definition) is 4. The molecular weight excluding hydrogens is 364 g/mol.